The largest absolute Gasteiger partial charge is 0.391 e. The summed E-state index contributed by atoms with van der Waals surface area (Å²) in [5.74, 6) is -1.10. The van der Waals surface area contributed by atoms with Crippen LogP contribution >= 0.6 is 11.3 Å². The van der Waals surface area contributed by atoms with Crippen LogP contribution in [-0.2, 0) is 25.7 Å². The number of benzene rings is 3. The maximum absolute atomic E-state index is 13.9. The highest BCUT2D eigenvalue weighted by atomic mass is 32.1. The Morgan fingerprint density at radius 3 is 2.43 bits per heavy atom. The number of carbonyl (C=O) groups excluding carboxylic acids is 4. The van der Waals surface area contributed by atoms with Gasteiger partial charge in [0.05, 0.1) is 34.5 Å². The van der Waals surface area contributed by atoms with Crippen LogP contribution in [0.25, 0.3) is 21.7 Å². The first-order chi connectivity index (χ1) is 27.9. The van der Waals surface area contributed by atoms with E-state index in [4.69, 9.17) is 4.74 Å². The van der Waals surface area contributed by atoms with Crippen molar-refractivity contribution in [1.29, 1.82) is 0 Å². The highest BCUT2D eigenvalue weighted by Crippen LogP contribution is 2.29. The van der Waals surface area contributed by atoms with E-state index < -0.39 is 35.4 Å². The second-order valence-corrected chi connectivity index (χ2v) is 16.0. The average Bonchev–Trinajstić information content (AvgIpc) is 3.84. The molecule has 3 atom stereocenters. The molecule has 302 valence electrons. The average molecular weight is 805 g/mol. The van der Waals surface area contributed by atoms with Crippen molar-refractivity contribution in [3.05, 3.63) is 114 Å². The highest BCUT2D eigenvalue weighted by molar-refractivity contribution is 7.13. The first-order valence-electron chi connectivity index (χ1n) is 19.0. The van der Waals surface area contributed by atoms with E-state index in [0.717, 1.165) is 32.9 Å². The molecule has 2 aromatic heterocycles. The SMILES string of the molecule is Cc1ncsc1-c1ccc(CNC(=O)[C@@H]2C[C@@H](O)CN2C(=O)[C@@H](NC(=O)COCCNC(=O)c2cccc(-c3cc(Nc4ccccc4)ncn3)c2)C(C)(C)C)cc1. The number of aryl methyl sites for hydroxylation is 1. The summed E-state index contributed by atoms with van der Waals surface area (Å²) in [6.07, 6.45) is 0.654. The van der Waals surface area contributed by atoms with Gasteiger partial charge in [0, 0.05) is 48.9 Å². The summed E-state index contributed by atoms with van der Waals surface area (Å²) < 4.78 is 5.56. The zero-order chi connectivity index (χ0) is 41.2. The first kappa shape index (κ1) is 41.6. The molecule has 1 aliphatic heterocycles. The molecule has 1 aliphatic rings. The van der Waals surface area contributed by atoms with E-state index >= 15 is 0 Å². The molecule has 5 N–H and O–H groups in total. The molecule has 5 aromatic rings. The monoisotopic (exact) mass is 804 g/mol. The first-order valence-corrected chi connectivity index (χ1v) is 19.9. The third kappa shape index (κ3) is 10.9. The standard InChI is InChI=1S/C43H48N8O6S/c1-27-38(58-26-48-27)29-15-13-28(14-16-29)22-45-41(55)35-20-33(52)23-51(35)42(56)39(43(2,3)4)50-37(53)24-57-18-17-44-40(54)31-10-8-9-30(19-31)34-21-36(47-25-46-34)49-32-11-6-5-7-12-32/h5-16,19,21,25-26,33,35,39,52H,17-18,20,22-24H2,1-4H3,(H,44,54)(H,45,55)(H,50,53)(H,46,47,49)/t33-,35+,39-/m1/s1. The molecule has 58 heavy (non-hydrogen) atoms. The number of aromatic nitrogens is 3. The van der Waals surface area contributed by atoms with Crippen LogP contribution in [0.1, 0.15) is 48.8 Å². The molecule has 0 radical (unpaired) electrons. The van der Waals surface area contributed by atoms with Crippen molar-refractivity contribution in [2.45, 2.75) is 58.8 Å². The number of hydrogen-bond donors (Lipinski definition) is 5. The summed E-state index contributed by atoms with van der Waals surface area (Å²) in [4.78, 5) is 68.8. The fourth-order valence-corrected chi connectivity index (χ4v) is 7.37. The van der Waals surface area contributed by atoms with E-state index in [2.05, 4.69) is 36.2 Å². The number of para-hydroxylation sites is 1. The van der Waals surface area contributed by atoms with Crippen LogP contribution in [0.15, 0.2) is 96.8 Å². The normalized spacial score (nSPS) is 15.7. The van der Waals surface area contributed by atoms with E-state index in [-0.39, 0.29) is 51.1 Å². The summed E-state index contributed by atoms with van der Waals surface area (Å²) in [5.41, 5.74) is 6.66. The third-order valence-corrected chi connectivity index (χ3v) is 10.6. The number of β-amino-alcohol motifs (C(OH)–C–C–N with tert-alkyl or cyclic N) is 1. The molecule has 6 rings (SSSR count). The summed E-state index contributed by atoms with van der Waals surface area (Å²) in [7, 11) is 0. The molecule has 15 heteroatoms. The van der Waals surface area contributed by atoms with Crippen molar-refractivity contribution in [2.24, 2.45) is 5.41 Å². The molecule has 3 heterocycles. The van der Waals surface area contributed by atoms with Crippen molar-refractivity contribution in [1.82, 2.24) is 35.8 Å². The number of nitrogens with zero attached hydrogens (tertiary/aromatic N) is 4. The van der Waals surface area contributed by atoms with Crippen molar-refractivity contribution in [2.75, 3.05) is 31.6 Å². The van der Waals surface area contributed by atoms with Gasteiger partial charge in [-0.05, 0) is 47.7 Å². The number of amides is 4. The molecule has 1 fully saturated rings. The molecular weight excluding hydrogens is 757 g/mol. The third-order valence-electron chi connectivity index (χ3n) is 9.61. The molecule has 0 spiro atoms. The van der Waals surface area contributed by atoms with Crippen molar-refractivity contribution >= 4 is 46.5 Å². The number of nitrogens with one attached hydrogen (secondary N) is 4. The van der Waals surface area contributed by atoms with E-state index in [1.54, 1.807) is 41.1 Å². The second kappa shape index (κ2) is 18.9. The lowest BCUT2D eigenvalue weighted by molar-refractivity contribution is -0.144. The predicted octanol–water partition coefficient (Wildman–Crippen LogP) is 4.87. The Morgan fingerprint density at radius 1 is 0.931 bits per heavy atom. The summed E-state index contributed by atoms with van der Waals surface area (Å²) >= 11 is 1.57. The Labute approximate surface area is 341 Å². The summed E-state index contributed by atoms with van der Waals surface area (Å²) in [5, 5.41) is 22.3. The molecule has 0 saturated carbocycles. The lowest BCUT2D eigenvalue weighted by Gasteiger charge is -2.35. The van der Waals surface area contributed by atoms with Crippen LogP contribution in [0, 0.1) is 12.3 Å². The summed E-state index contributed by atoms with van der Waals surface area (Å²) in [6, 6.07) is 24.4. The topological polar surface area (TPSA) is 188 Å². The minimum Gasteiger partial charge on any atom is -0.391 e. The molecule has 1 saturated heterocycles. The number of thiazole rings is 1. The van der Waals surface area contributed by atoms with Crippen LogP contribution in [0.4, 0.5) is 11.5 Å². The van der Waals surface area contributed by atoms with E-state index in [1.165, 1.54) is 11.2 Å². The number of aliphatic hydroxyl groups excluding tert-OH is 1. The van der Waals surface area contributed by atoms with Gasteiger partial charge in [-0.25, -0.2) is 15.0 Å². The van der Waals surface area contributed by atoms with E-state index in [9.17, 15) is 24.3 Å². The molecule has 4 amide bonds. The quantitative estimate of drug-likeness (QED) is 0.0914. The Morgan fingerprint density at radius 2 is 1.71 bits per heavy atom. The van der Waals surface area contributed by atoms with Gasteiger partial charge in [0.2, 0.25) is 17.7 Å². The van der Waals surface area contributed by atoms with Gasteiger partial charge in [-0.15, -0.1) is 11.3 Å². The van der Waals surface area contributed by atoms with Crippen LogP contribution < -0.4 is 21.3 Å². The molecular formula is C43H48N8O6S. The Balaban J connectivity index is 0.965. The fourth-order valence-electron chi connectivity index (χ4n) is 6.56. The number of aliphatic hydroxyl groups is 1. The highest BCUT2D eigenvalue weighted by Gasteiger charge is 2.44. The predicted molar refractivity (Wildman–Crippen MR) is 222 cm³/mol. The Bertz CT molecular complexity index is 2210. The van der Waals surface area contributed by atoms with Gasteiger partial charge >= 0.3 is 0 Å². The van der Waals surface area contributed by atoms with Crippen molar-refractivity contribution in [3.8, 4) is 21.7 Å². The number of likely N-dealkylation sites (tertiary alicyclic amines) is 1. The maximum atomic E-state index is 13.9. The van der Waals surface area contributed by atoms with Crippen molar-refractivity contribution < 1.29 is 29.0 Å². The number of hydrogen-bond acceptors (Lipinski definition) is 11. The van der Waals surface area contributed by atoms with Gasteiger partial charge in [-0.2, -0.15) is 0 Å². The zero-order valence-electron chi connectivity index (χ0n) is 32.9. The fraction of sp³-hybridized carbons (Fsp3) is 0.326. The molecule has 14 nitrogen and oxygen atoms in total. The van der Waals surface area contributed by atoms with Gasteiger partial charge < -0.3 is 36.0 Å². The van der Waals surface area contributed by atoms with Crippen LogP contribution in [0.2, 0.25) is 0 Å². The minimum atomic E-state index is -1.00. The van der Waals surface area contributed by atoms with Gasteiger partial charge in [-0.3, -0.25) is 19.2 Å². The number of rotatable bonds is 15. The van der Waals surface area contributed by atoms with Gasteiger partial charge in [0.1, 0.15) is 30.8 Å². The number of ether oxygens (including phenoxy) is 1. The second-order valence-electron chi connectivity index (χ2n) is 15.1. The Kier molecular flexibility index (Phi) is 13.6. The summed E-state index contributed by atoms with van der Waals surface area (Å²) in [6.45, 7) is 7.43. The van der Waals surface area contributed by atoms with E-state index in [0.29, 0.717) is 17.1 Å². The molecule has 3 aromatic carbocycles. The van der Waals surface area contributed by atoms with Crippen LogP contribution in [-0.4, -0.2) is 93.1 Å². The van der Waals surface area contributed by atoms with Gasteiger partial charge in [-0.1, -0.05) is 75.4 Å². The van der Waals surface area contributed by atoms with Gasteiger partial charge in [0.15, 0.2) is 0 Å². The van der Waals surface area contributed by atoms with Crippen LogP contribution in [0.5, 0.6) is 0 Å². The van der Waals surface area contributed by atoms with Crippen molar-refractivity contribution in [3.63, 3.8) is 0 Å². The number of carbonyl (C=O) groups is 4. The minimum absolute atomic E-state index is 0.0348. The van der Waals surface area contributed by atoms with E-state index in [1.807, 2.05) is 88.4 Å². The molecule has 0 unspecified atom stereocenters. The molecule has 0 bridgehead atoms. The molecule has 0 aliphatic carbocycles. The smallest absolute Gasteiger partial charge is 0.251 e. The number of anilines is 2. The lowest BCUT2D eigenvalue weighted by Crippen LogP contribution is -2.58. The van der Waals surface area contributed by atoms with Crippen LogP contribution in [0.3, 0.4) is 0 Å². The zero-order valence-corrected chi connectivity index (χ0v) is 33.7. The van der Waals surface area contributed by atoms with Gasteiger partial charge in [0.25, 0.3) is 5.91 Å². The maximum Gasteiger partial charge on any atom is 0.251 e. The Hall–Kier alpha value is -6.03. The lowest BCUT2D eigenvalue weighted by atomic mass is 9.85.